The van der Waals surface area contributed by atoms with Gasteiger partial charge in [-0.25, -0.2) is 13.1 Å². The van der Waals surface area contributed by atoms with E-state index < -0.39 is 10.0 Å². The molecule has 0 saturated heterocycles. The van der Waals surface area contributed by atoms with Crippen molar-refractivity contribution in [1.29, 1.82) is 0 Å². The van der Waals surface area contributed by atoms with Crippen molar-refractivity contribution in [2.24, 2.45) is 0 Å². The third kappa shape index (κ3) is 4.09. The highest BCUT2D eigenvalue weighted by molar-refractivity contribution is 7.89. The Labute approximate surface area is 112 Å². The normalized spacial score (nSPS) is 14.4. The maximum atomic E-state index is 11.3. The molecule has 0 aliphatic carbocycles. The van der Waals surface area contributed by atoms with Crippen LogP contribution in [-0.2, 0) is 16.4 Å². The lowest BCUT2D eigenvalue weighted by Crippen LogP contribution is -2.29. The predicted octanol–water partition coefficient (Wildman–Crippen LogP) is -0.0880. The van der Waals surface area contributed by atoms with Crippen LogP contribution in [0.4, 0.5) is 0 Å². The molecule has 0 bridgehead atoms. The van der Waals surface area contributed by atoms with E-state index in [-0.39, 0.29) is 12.4 Å². The zero-order valence-corrected chi connectivity index (χ0v) is 11.3. The molecule has 0 fully saturated rings. The molecule has 0 unspecified atom stereocenters. The summed E-state index contributed by atoms with van der Waals surface area (Å²) in [5, 5.41) is 8.60. The van der Waals surface area contributed by atoms with Gasteiger partial charge in [0.2, 0.25) is 10.0 Å². The molecule has 0 radical (unpaired) electrons. The minimum absolute atomic E-state index is 0.270. The van der Waals surface area contributed by atoms with Crippen molar-refractivity contribution >= 4 is 10.0 Å². The van der Waals surface area contributed by atoms with Crippen LogP contribution in [0.3, 0.4) is 0 Å². The Kier molecular flexibility index (Phi) is 4.62. The average Bonchev–Trinajstić information content (AvgIpc) is 2.38. The van der Waals surface area contributed by atoms with Gasteiger partial charge in [0.05, 0.1) is 12.4 Å². The first-order valence-corrected chi connectivity index (χ1v) is 7.73. The fraction of sp³-hybridized carbons (Fsp3) is 0.500. The number of nitrogens with one attached hydrogen (secondary N) is 1. The lowest BCUT2D eigenvalue weighted by molar-refractivity contribution is 0.171. The van der Waals surface area contributed by atoms with Gasteiger partial charge in [-0.1, -0.05) is 6.07 Å². The summed E-state index contributed by atoms with van der Waals surface area (Å²) in [4.78, 5) is 0. The molecule has 0 spiro atoms. The van der Waals surface area contributed by atoms with E-state index in [2.05, 4.69) is 4.72 Å². The minimum atomic E-state index is -3.38. The summed E-state index contributed by atoms with van der Waals surface area (Å²) in [5.41, 5.74) is 0.968. The molecule has 7 heteroatoms. The number of aliphatic hydroxyl groups is 1. The zero-order chi connectivity index (χ0) is 13.7. The van der Waals surface area contributed by atoms with E-state index >= 15 is 0 Å². The number of hydrogen-bond donors (Lipinski definition) is 2. The molecule has 0 aromatic heterocycles. The highest BCUT2D eigenvalue weighted by atomic mass is 32.2. The predicted molar refractivity (Wildman–Crippen MR) is 70.0 cm³/mol. The summed E-state index contributed by atoms with van der Waals surface area (Å²) in [6, 6.07) is 5.56. The molecule has 1 heterocycles. The summed E-state index contributed by atoms with van der Waals surface area (Å²) < 4.78 is 36.0. The maximum absolute atomic E-state index is 11.3. The maximum Gasteiger partial charge on any atom is 0.213 e. The van der Waals surface area contributed by atoms with Crippen LogP contribution in [0.2, 0.25) is 0 Å². The van der Waals surface area contributed by atoms with E-state index in [1.165, 1.54) is 0 Å². The highest BCUT2D eigenvalue weighted by Crippen LogP contribution is 2.30. The van der Waals surface area contributed by atoms with Crippen LogP contribution in [-0.4, -0.2) is 45.6 Å². The number of sulfonamides is 1. The summed E-state index contributed by atoms with van der Waals surface area (Å²) in [5.74, 6) is 1.14. The second-order valence-corrected chi connectivity index (χ2v) is 6.09. The first-order valence-electron chi connectivity index (χ1n) is 6.07. The Balaban J connectivity index is 1.90. The van der Waals surface area contributed by atoms with Gasteiger partial charge >= 0.3 is 0 Å². The van der Waals surface area contributed by atoms with Crippen molar-refractivity contribution in [3.8, 4) is 11.5 Å². The molecule has 1 aromatic rings. The van der Waals surface area contributed by atoms with Gasteiger partial charge in [-0.3, -0.25) is 0 Å². The Bertz CT molecular complexity index is 529. The number of benzene rings is 1. The fourth-order valence-electron chi connectivity index (χ4n) is 1.79. The van der Waals surface area contributed by atoms with Crippen molar-refractivity contribution in [2.75, 3.05) is 32.1 Å². The molecule has 2 rings (SSSR count). The van der Waals surface area contributed by atoms with Gasteiger partial charge in [-0.05, 0) is 24.1 Å². The molecule has 19 heavy (non-hydrogen) atoms. The number of hydrogen-bond acceptors (Lipinski definition) is 5. The zero-order valence-electron chi connectivity index (χ0n) is 10.5. The summed E-state index contributed by atoms with van der Waals surface area (Å²) in [6.45, 7) is 0.994. The van der Waals surface area contributed by atoms with E-state index in [1.54, 1.807) is 0 Å². The van der Waals surface area contributed by atoms with Gasteiger partial charge in [0, 0.05) is 6.54 Å². The average molecular weight is 287 g/mol. The number of rotatable bonds is 6. The van der Waals surface area contributed by atoms with E-state index in [4.69, 9.17) is 14.6 Å². The largest absolute Gasteiger partial charge is 0.486 e. The standard InChI is InChI=1S/C12H17NO5S/c14-5-8-19(15,16)13-4-3-10-1-2-11-12(9-10)18-7-6-17-11/h1-2,9,13-14H,3-8H2. The molecule has 106 valence electrons. The monoisotopic (exact) mass is 287 g/mol. The molecule has 0 saturated carbocycles. The quantitative estimate of drug-likeness (QED) is 0.764. The Morgan fingerprint density at radius 2 is 1.95 bits per heavy atom. The highest BCUT2D eigenvalue weighted by Gasteiger charge is 2.12. The van der Waals surface area contributed by atoms with Crippen LogP contribution in [0.1, 0.15) is 5.56 Å². The first-order chi connectivity index (χ1) is 9.11. The molecular formula is C12H17NO5S. The molecular weight excluding hydrogens is 270 g/mol. The third-order valence-corrected chi connectivity index (χ3v) is 4.07. The lowest BCUT2D eigenvalue weighted by Gasteiger charge is -2.18. The third-order valence-electron chi connectivity index (χ3n) is 2.70. The SMILES string of the molecule is O=S(=O)(CCO)NCCc1ccc2c(c1)OCCO2. The summed E-state index contributed by atoms with van der Waals surface area (Å²) in [6.07, 6.45) is 0.557. The van der Waals surface area contributed by atoms with Gasteiger partial charge in [-0.2, -0.15) is 0 Å². The van der Waals surface area contributed by atoms with Crippen LogP contribution in [0.25, 0.3) is 0 Å². The van der Waals surface area contributed by atoms with E-state index in [1.807, 2.05) is 18.2 Å². The molecule has 1 aromatic carbocycles. The van der Waals surface area contributed by atoms with Crippen molar-refractivity contribution in [3.05, 3.63) is 23.8 Å². The number of aliphatic hydroxyl groups excluding tert-OH is 1. The van der Waals surface area contributed by atoms with Crippen LogP contribution in [0.15, 0.2) is 18.2 Å². The van der Waals surface area contributed by atoms with Gasteiger partial charge in [0.25, 0.3) is 0 Å². The van der Waals surface area contributed by atoms with Gasteiger partial charge < -0.3 is 14.6 Å². The van der Waals surface area contributed by atoms with Crippen LogP contribution >= 0.6 is 0 Å². The second-order valence-electron chi connectivity index (χ2n) is 4.16. The van der Waals surface area contributed by atoms with E-state index in [9.17, 15) is 8.42 Å². The van der Waals surface area contributed by atoms with E-state index in [0.29, 0.717) is 31.9 Å². The van der Waals surface area contributed by atoms with Crippen molar-refractivity contribution < 1.29 is 23.0 Å². The Hall–Kier alpha value is -1.31. The number of fused-ring (bicyclic) bond motifs is 1. The lowest BCUT2D eigenvalue weighted by atomic mass is 10.1. The first kappa shape index (κ1) is 14.1. The van der Waals surface area contributed by atoms with Crippen molar-refractivity contribution in [1.82, 2.24) is 4.72 Å². The fourth-order valence-corrected chi connectivity index (χ4v) is 2.58. The van der Waals surface area contributed by atoms with Crippen molar-refractivity contribution in [3.63, 3.8) is 0 Å². The van der Waals surface area contributed by atoms with Gasteiger partial charge in [-0.15, -0.1) is 0 Å². The number of ether oxygens (including phenoxy) is 2. The molecule has 0 atom stereocenters. The Morgan fingerprint density at radius 1 is 1.21 bits per heavy atom. The molecule has 1 aliphatic rings. The molecule has 1 aliphatic heterocycles. The second kappa shape index (κ2) is 6.23. The molecule has 6 nitrogen and oxygen atoms in total. The molecule has 0 amide bonds. The topological polar surface area (TPSA) is 84.9 Å². The van der Waals surface area contributed by atoms with Crippen LogP contribution in [0, 0.1) is 0 Å². The molecule has 2 N–H and O–H groups in total. The van der Waals surface area contributed by atoms with E-state index in [0.717, 1.165) is 11.3 Å². The minimum Gasteiger partial charge on any atom is -0.486 e. The van der Waals surface area contributed by atoms with Crippen molar-refractivity contribution in [2.45, 2.75) is 6.42 Å². The van der Waals surface area contributed by atoms with Crippen LogP contribution < -0.4 is 14.2 Å². The summed E-state index contributed by atoms with van der Waals surface area (Å²) in [7, 11) is -3.38. The Morgan fingerprint density at radius 3 is 2.68 bits per heavy atom. The van der Waals surface area contributed by atoms with Crippen LogP contribution in [0.5, 0.6) is 11.5 Å². The van der Waals surface area contributed by atoms with Gasteiger partial charge in [0.1, 0.15) is 13.2 Å². The summed E-state index contributed by atoms with van der Waals surface area (Å²) >= 11 is 0. The smallest absolute Gasteiger partial charge is 0.213 e. The van der Waals surface area contributed by atoms with Gasteiger partial charge in [0.15, 0.2) is 11.5 Å².